The van der Waals surface area contributed by atoms with Crippen LogP contribution in [0.5, 0.6) is 0 Å². The van der Waals surface area contributed by atoms with Gasteiger partial charge >= 0.3 is 0 Å². The highest BCUT2D eigenvalue weighted by molar-refractivity contribution is 5.76. The predicted octanol–water partition coefficient (Wildman–Crippen LogP) is 2.45. The molecule has 2 aromatic rings. The summed E-state index contributed by atoms with van der Waals surface area (Å²) in [5, 5.41) is 0. The fourth-order valence-electron chi connectivity index (χ4n) is 1.89. The zero-order valence-corrected chi connectivity index (χ0v) is 9.16. The topological polar surface area (TPSA) is 37.8 Å². The largest absolute Gasteiger partial charge is 0.357 e. The maximum absolute atomic E-state index is 10.7. The van der Waals surface area contributed by atoms with Crippen molar-refractivity contribution in [1.82, 2.24) is 9.55 Å². The third-order valence-corrected chi connectivity index (χ3v) is 2.69. The molecule has 0 unspecified atom stereocenters. The Morgan fingerprint density at radius 3 is 2.53 bits per heavy atom. The van der Waals surface area contributed by atoms with E-state index in [2.05, 4.69) is 18.0 Å². The molecule has 0 amide bonds. The summed E-state index contributed by atoms with van der Waals surface area (Å²) in [6.07, 6.45) is 0.870. The second-order valence-electron chi connectivity index (χ2n) is 3.83. The molecule has 0 aliphatic heterocycles. The van der Waals surface area contributed by atoms with Gasteiger partial charge in [-0.15, -0.1) is 0 Å². The van der Waals surface area contributed by atoms with Crippen molar-refractivity contribution in [1.29, 1.82) is 0 Å². The number of aryl methyl sites for hydroxylation is 2. The van der Waals surface area contributed by atoms with Crippen LogP contribution in [0, 0.1) is 13.8 Å². The molecular weight excluding hydrogens is 188 g/mol. The minimum atomic E-state index is 0.691. The van der Waals surface area contributed by atoms with Gasteiger partial charge in [-0.05, 0) is 37.6 Å². The molecule has 3 nitrogen and oxygen atoms in total. The Morgan fingerprint density at radius 1 is 1.33 bits per heavy atom. The monoisotopic (exact) mass is 202 g/mol. The smallest absolute Gasteiger partial charge is 0.166 e. The van der Waals surface area contributed by atoms with Crippen molar-refractivity contribution in [2.75, 3.05) is 0 Å². The molecule has 0 fully saturated rings. The molecule has 0 aliphatic carbocycles. The number of rotatable bonds is 2. The van der Waals surface area contributed by atoms with E-state index in [1.807, 2.05) is 30.7 Å². The normalized spacial score (nSPS) is 10.6. The van der Waals surface area contributed by atoms with Crippen LogP contribution in [-0.4, -0.2) is 15.8 Å². The van der Waals surface area contributed by atoms with Gasteiger partial charge in [0.25, 0.3) is 0 Å². The van der Waals surface area contributed by atoms with E-state index in [4.69, 9.17) is 0 Å². The molecule has 2 rings (SSSR count). The molecule has 0 aliphatic rings. The molecule has 2 heterocycles. The first kappa shape index (κ1) is 9.77. The molecule has 2 aromatic heterocycles. The molecule has 0 saturated heterocycles. The van der Waals surface area contributed by atoms with Crippen LogP contribution >= 0.6 is 0 Å². The number of carbonyl (C=O) groups excluding carboxylic acids is 1. The highest BCUT2D eigenvalue weighted by atomic mass is 16.1. The number of H-pyrrole nitrogens is 1. The van der Waals surface area contributed by atoms with Crippen LogP contribution in [0.4, 0.5) is 0 Å². The third-order valence-electron chi connectivity index (χ3n) is 2.69. The van der Waals surface area contributed by atoms with Crippen LogP contribution in [0.1, 0.15) is 21.7 Å². The van der Waals surface area contributed by atoms with Crippen LogP contribution in [0.25, 0.3) is 11.4 Å². The van der Waals surface area contributed by atoms with Crippen molar-refractivity contribution < 1.29 is 4.79 Å². The molecular formula is C12H14N2O. The Bertz CT molecular complexity index is 506. The van der Waals surface area contributed by atoms with E-state index in [1.54, 1.807) is 0 Å². The first-order valence-corrected chi connectivity index (χ1v) is 4.91. The number of aldehydes is 1. The van der Waals surface area contributed by atoms with Gasteiger partial charge in [-0.25, -0.2) is 0 Å². The maximum atomic E-state index is 10.7. The molecule has 0 atom stereocenters. The van der Waals surface area contributed by atoms with Crippen LogP contribution in [0.2, 0.25) is 0 Å². The van der Waals surface area contributed by atoms with E-state index in [0.717, 1.165) is 23.4 Å². The standard InChI is InChI=1S/C12H14N2O/c1-8-6-9(2)13-12(8)11-5-4-10(7-15)14(11)3/h4-7,13H,1-3H3. The summed E-state index contributed by atoms with van der Waals surface area (Å²) < 4.78 is 1.89. The number of aromatic amines is 1. The van der Waals surface area contributed by atoms with Gasteiger partial charge in [-0.3, -0.25) is 4.79 Å². The average molecular weight is 202 g/mol. The molecule has 78 valence electrons. The second-order valence-corrected chi connectivity index (χ2v) is 3.83. The van der Waals surface area contributed by atoms with E-state index < -0.39 is 0 Å². The lowest BCUT2D eigenvalue weighted by molar-refractivity contribution is 0.111. The summed E-state index contributed by atoms with van der Waals surface area (Å²) in [7, 11) is 1.90. The van der Waals surface area contributed by atoms with Gasteiger partial charge in [0.2, 0.25) is 0 Å². The fourth-order valence-corrected chi connectivity index (χ4v) is 1.89. The van der Waals surface area contributed by atoms with E-state index in [1.165, 1.54) is 5.56 Å². The molecule has 3 heteroatoms. The van der Waals surface area contributed by atoms with E-state index in [9.17, 15) is 4.79 Å². The molecule has 0 radical (unpaired) electrons. The lowest BCUT2D eigenvalue weighted by Gasteiger charge is -2.03. The van der Waals surface area contributed by atoms with Crippen LogP contribution in [-0.2, 0) is 7.05 Å². The number of hydrogen-bond donors (Lipinski definition) is 1. The SMILES string of the molecule is Cc1cc(C)c(-c2ccc(C=O)n2C)[nH]1. The Kier molecular flexibility index (Phi) is 2.23. The van der Waals surface area contributed by atoms with Gasteiger partial charge in [-0.2, -0.15) is 0 Å². The van der Waals surface area contributed by atoms with Gasteiger partial charge in [-0.1, -0.05) is 0 Å². The quantitative estimate of drug-likeness (QED) is 0.746. The summed E-state index contributed by atoms with van der Waals surface area (Å²) in [5.41, 5.74) is 5.16. The van der Waals surface area contributed by atoms with Crippen LogP contribution in [0.3, 0.4) is 0 Å². The summed E-state index contributed by atoms with van der Waals surface area (Å²) >= 11 is 0. The van der Waals surface area contributed by atoms with Crippen molar-refractivity contribution in [2.45, 2.75) is 13.8 Å². The highest BCUT2D eigenvalue weighted by Gasteiger charge is 2.10. The summed E-state index contributed by atoms with van der Waals surface area (Å²) in [4.78, 5) is 14.0. The minimum absolute atomic E-state index is 0.691. The van der Waals surface area contributed by atoms with E-state index in [-0.39, 0.29) is 0 Å². The summed E-state index contributed by atoms with van der Waals surface area (Å²) in [6, 6.07) is 5.89. The maximum Gasteiger partial charge on any atom is 0.166 e. The zero-order valence-electron chi connectivity index (χ0n) is 9.16. The molecule has 0 spiro atoms. The van der Waals surface area contributed by atoms with Gasteiger partial charge in [0.15, 0.2) is 6.29 Å². The predicted molar refractivity (Wildman–Crippen MR) is 60.1 cm³/mol. The van der Waals surface area contributed by atoms with Crippen molar-refractivity contribution >= 4 is 6.29 Å². The number of hydrogen-bond acceptors (Lipinski definition) is 1. The lowest BCUT2D eigenvalue weighted by Crippen LogP contribution is -1.97. The summed E-state index contributed by atoms with van der Waals surface area (Å²) in [6.45, 7) is 4.09. The Balaban J connectivity index is 2.58. The summed E-state index contributed by atoms with van der Waals surface area (Å²) in [5.74, 6) is 0. The van der Waals surface area contributed by atoms with Crippen LogP contribution in [0.15, 0.2) is 18.2 Å². The highest BCUT2D eigenvalue weighted by Crippen LogP contribution is 2.24. The van der Waals surface area contributed by atoms with Crippen LogP contribution < -0.4 is 0 Å². The van der Waals surface area contributed by atoms with E-state index in [0.29, 0.717) is 5.69 Å². The second kappa shape index (κ2) is 3.42. The minimum Gasteiger partial charge on any atom is -0.357 e. The van der Waals surface area contributed by atoms with Gasteiger partial charge < -0.3 is 9.55 Å². The fraction of sp³-hybridized carbons (Fsp3) is 0.250. The first-order chi connectivity index (χ1) is 7.13. The van der Waals surface area contributed by atoms with Gasteiger partial charge in [0.1, 0.15) is 0 Å². The van der Waals surface area contributed by atoms with Crippen molar-refractivity contribution in [3.63, 3.8) is 0 Å². The zero-order chi connectivity index (χ0) is 11.0. The molecule has 1 N–H and O–H groups in total. The number of aromatic nitrogens is 2. The average Bonchev–Trinajstić information content (AvgIpc) is 2.69. The molecule has 0 bridgehead atoms. The Hall–Kier alpha value is -1.77. The molecule has 0 saturated carbocycles. The van der Waals surface area contributed by atoms with Gasteiger partial charge in [0.05, 0.1) is 17.1 Å². The first-order valence-electron chi connectivity index (χ1n) is 4.91. The van der Waals surface area contributed by atoms with Crippen molar-refractivity contribution in [3.8, 4) is 11.4 Å². The molecule has 0 aromatic carbocycles. The number of nitrogens with one attached hydrogen (secondary N) is 1. The number of nitrogens with zero attached hydrogens (tertiary/aromatic N) is 1. The Labute approximate surface area is 88.7 Å². The van der Waals surface area contributed by atoms with Crippen molar-refractivity contribution in [2.24, 2.45) is 7.05 Å². The van der Waals surface area contributed by atoms with E-state index >= 15 is 0 Å². The third kappa shape index (κ3) is 1.50. The Morgan fingerprint density at radius 2 is 2.07 bits per heavy atom. The van der Waals surface area contributed by atoms with Gasteiger partial charge in [0, 0.05) is 12.7 Å². The van der Waals surface area contributed by atoms with Crippen molar-refractivity contribution in [3.05, 3.63) is 35.2 Å². The number of carbonyl (C=O) groups is 1. The molecule has 15 heavy (non-hydrogen) atoms. The lowest BCUT2D eigenvalue weighted by atomic mass is 10.2.